The summed E-state index contributed by atoms with van der Waals surface area (Å²) in [6.07, 6.45) is 6.37. The molecule has 0 bridgehead atoms. The Kier molecular flexibility index (Phi) is 3.66. The Morgan fingerprint density at radius 2 is 2.31 bits per heavy atom. The first kappa shape index (κ1) is 10.8. The van der Waals surface area contributed by atoms with E-state index in [9.17, 15) is 0 Å². The molecule has 2 rings (SSSR count). The highest BCUT2D eigenvalue weighted by molar-refractivity contribution is 5.08. The molecule has 0 aliphatic heterocycles. The molecule has 0 fully saturated rings. The van der Waals surface area contributed by atoms with E-state index in [1.165, 1.54) is 5.56 Å². The zero-order valence-electron chi connectivity index (χ0n) is 9.31. The average molecular weight is 217 g/mol. The second-order valence-electron chi connectivity index (χ2n) is 3.65. The van der Waals surface area contributed by atoms with E-state index in [0.717, 1.165) is 24.6 Å². The van der Waals surface area contributed by atoms with E-state index in [1.54, 1.807) is 12.4 Å². The van der Waals surface area contributed by atoms with Crippen LogP contribution in [0.25, 0.3) is 0 Å². The van der Waals surface area contributed by atoms with Crippen LogP contribution in [0, 0.1) is 6.92 Å². The van der Waals surface area contributed by atoms with Crippen molar-refractivity contribution in [2.75, 3.05) is 6.54 Å². The lowest BCUT2D eigenvalue weighted by Gasteiger charge is -2.01. The zero-order valence-corrected chi connectivity index (χ0v) is 9.31. The molecule has 1 N–H and O–H groups in total. The van der Waals surface area contributed by atoms with Crippen molar-refractivity contribution in [3.8, 4) is 0 Å². The Morgan fingerprint density at radius 1 is 1.38 bits per heavy atom. The molecule has 0 aliphatic rings. The average Bonchev–Trinajstić information content (AvgIpc) is 2.72. The first-order chi connectivity index (χ1) is 7.84. The molecule has 0 saturated heterocycles. The predicted molar refractivity (Wildman–Crippen MR) is 60.9 cm³/mol. The maximum absolute atomic E-state index is 5.35. The van der Waals surface area contributed by atoms with Crippen molar-refractivity contribution < 1.29 is 4.42 Å². The number of pyridine rings is 1. The third-order valence-corrected chi connectivity index (χ3v) is 2.26. The highest BCUT2D eigenvalue weighted by Crippen LogP contribution is 2.01. The van der Waals surface area contributed by atoms with Gasteiger partial charge in [0.25, 0.3) is 0 Å². The van der Waals surface area contributed by atoms with E-state index < -0.39 is 0 Å². The predicted octanol–water partition coefficient (Wildman–Crippen LogP) is 1.71. The fourth-order valence-electron chi connectivity index (χ4n) is 1.46. The molecule has 0 amide bonds. The van der Waals surface area contributed by atoms with Crippen LogP contribution < -0.4 is 5.32 Å². The summed E-state index contributed by atoms with van der Waals surface area (Å²) in [5.74, 6) is 1.59. The molecule has 16 heavy (non-hydrogen) atoms. The van der Waals surface area contributed by atoms with E-state index in [-0.39, 0.29) is 0 Å². The molecule has 84 valence electrons. The van der Waals surface area contributed by atoms with Crippen LogP contribution >= 0.6 is 0 Å². The van der Waals surface area contributed by atoms with Gasteiger partial charge < -0.3 is 9.73 Å². The molecule has 0 radical (unpaired) electrons. The zero-order chi connectivity index (χ0) is 11.2. The van der Waals surface area contributed by atoms with E-state index >= 15 is 0 Å². The van der Waals surface area contributed by atoms with Crippen molar-refractivity contribution in [2.45, 2.75) is 19.9 Å². The molecule has 0 spiro atoms. The molecular weight excluding hydrogens is 202 g/mol. The molecule has 0 aliphatic carbocycles. The van der Waals surface area contributed by atoms with Crippen molar-refractivity contribution in [3.05, 3.63) is 47.9 Å². The normalized spacial score (nSPS) is 10.6. The van der Waals surface area contributed by atoms with Crippen molar-refractivity contribution in [1.29, 1.82) is 0 Å². The highest BCUT2D eigenvalue weighted by Gasteiger charge is 1.99. The largest absolute Gasteiger partial charge is 0.445 e. The van der Waals surface area contributed by atoms with Crippen LogP contribution in [0.15, 0.2) is 35.1 Å². The van der Waals surface area contributed by atoms with Crippen LogP contribution in [0.4, 0.5) is 0 Å². The summed E-state index contributed by atoms with van der Waals surface area (Å²) in [7, 11) is 0. The summed E-state index contributed by atoms with van der Waals surface area (Å²) in [5.41, 5.74) is 1.23. The fourth-order valence-corrected chi connectivity index (χ4v) is 1.46. The number of nitrogens with zero attached hydrogens (tertiary/aromatic N) is 2. The smallest absolute Gasteiger partial charge is 0.208 e. The van der Waals surface area contributed by atoms with Gasteiger partial charge in [-0.25, -0.2) is 4.98 Å². The minimum atomic E-state index is 0.675. The van der Waals surface area contributed by atoms with Crippen LogP contribution in [0.3, 0.4) is 0 Å². The molecule has 4 heteroatoms. The van der Waals surface area contributed by atoms with Gasteiger partial charge in [0.2, 0.25) is 5.89 Å². The molecule has 2 aromatic rings. The van der Waals surface area contributed by atoms with Gasteiger partial charge in [0.1, 0.15) is 5.76 Å². The lowest BCUT2D eigenvalue weighted by atomic mass is 10.2. The molecule has 0 unspecified atom stereocenters. The summed E-state index contributed by atoms with van der Waals surface area (Å²) < 4.78 is 5.35. The molecule has 0 saturated carbocycles. The van der Waals surface area contributed by atoms with Crippen molar-refractivity contribution in [1.82, 2.24) is 15.3 Å². The number of aromatic nitrogens is 2. The number of nitrogens with one attached hydrogen (secondary N) is 1. The van der Waals surface area contributed by atoms with Gasteiger partial charge in [-0.05, 0) is 31.5 Å². The third kappa shape index (κ3) is 3.17. The van der Waals surface area contributed by atoms with Crippen LogP contribution in [0.2, 0.25) is 0 Å². The quantitative estimate of drug-likeness (QED) is 0.775. The fraction of sp³-hybridized carbons (Fsp3) is 0.333. The van der Waals surface area contributed by atoms with Gasteiger partial charge in [-0.2, -0.15) is 0 Å². The van der Waals surface area contributed by atoms with Gasteiger partial charge in [0, 0.05) is 12.4 Å². The van der Waals surface area contributed by atoms with E-state index in [2.05, 4.69) is 21.4 Å². The number of hydrogen-bond acceptors (Lipinski definition) is 4. The Bertz CT molecular complexity index is 425. The number of oxazole rings is 1. The number of aryl methyl sites for hydroxylation is 1. The van der Waals surface area contributed by atoms with Crippen LogP contribution in [-0.4, -0.2) is 16.5 Å². The van der Waals surface area contributed by atoms with Crippen molar-refractivity contribution in [2.24, 2.45) is 0 Å². The van der Waals surface area contributed by atoms with Gasteiger partial charge >= 0.3 is 0 Å². The van der Waals surface area contributed by atoms with Crippen LogP contribution in [0.5, 0.6) is 0 Å². The van der Waals surface area contributed by atoms with Gasteiger partial charge in [-0.15, -0.1) is 0 Å². The first-order valence-electron chi connectivity index (χ1n) is 5.35. The van der Waals surface area contributed by atoms with Crippen molar-refractivity contribution in [3.63, 3.8) is 0 Å². The molecule has 4 nitrogen and oxygen atoms in total. The van der Waals surface area contributed by atoms with Crippen LogP contribution in [-0.2, 0) is 13.0 Å². The van der Waals surface area contributed by atoms with Gasteiger partial charge in [-0.3, -0.25) is 4.98 Å². The third-order valence-electron chi connectivity index (χ3n) is 2.26. The standard InChI is InChI=1S/C12H15N3O/c1-10-7-15-12(16-10)9-14-6-4-11-3-2-5-13-8-11/h2-3,5,7-8,14H,4,6,9H2,1H3. The second-order valence-corrected chi connectivity index (χ2v) is 3.65. The topological polar surface area (TPSA) is 51.0 Å². The summed E-state index contributed by atoms with van der Waals surface area (Å²) in [6, 6.07) is 4.02. The lowest BCUT2D eigenvalue weighted by Crippen LogP contribution is -2.16. The maximum atomic E-state index is 5.35. The Labute approximate surface area is 94.7 Å². The maximum Gasteiger partial charge on any atom is 0.208 e. The first-order valence-corrected chi connectivity index (χ1v) is 5.35. The molecule has 0 atom stereocenters. The summed E-state index contributed by atoms with van der Waals surface area (Å²) in [6.45, 7) is 3.47. The van der Waals surface area contributed by atoms with Gasteiger partial charge in [0.15, 0.2) is 0 Å². The minimum Gasteiger partial charge on any atom is -0.445 e. The van der Waals surface area contributed by atoms with E-state index in [1.807, 2.05) is 19.2 Å². The summed E-state index contributed by atoms with van der Waals surface area (Å²) in [4.78, 5) is 8.19. The van der Waals surface area contributed by atoms with Crippen molar-refractivity contribution >= 4 is 0 Å². The monoisotopic (exact) mass is 217 g/mol. The van der Waals surface area contributed by atoms with E-state index in [0.29, 0.717) is 6.54 Å². The second kappa shape index (κ2) is 5.42. The highest BCUT2D eigenvalue weighted by atomic mass is 16.4. The minimum absolute atomic E-state index is 0.675. The SMILES string of the molecule is Cc1cnc(CNCCc2cccnc2)o1. The van der Waals surface area contributed by atoms with Crippen LogP contribution in [0.1, 0.15) is 17.2 Å². The molecule has 2 heterocycles. The Morgan fingerprint density at radius 3 is 3.00 bits per heavy atom. The van der Waals surface area contributed by atoms with Gasteiger partial charge in [-0.1, -0.05) is 6.07 Å². The number of hydrogen-bond donors (Lipinski definition) is 1. The lowest BCUT2D eigenvalue weighted by molar-refractivity contribution is 0.450. The molecule has 0 aromatic carbocycles. The summed E-state index contributed by atoms with van der Waals surface area (Å²) in [5, 5.41) is 3.28. The van der Waals surface area contributed by atoms with E-state index in [4.69, 9.17) is 4.42 Å². The number of rotatable bonds is 5. The molecule has 2 aromatic heterocycles. The Balaban J connectivity index is 1.69. The Hall–Kier alpha value is -1.68. The molecular formula is C12H15N3O. The summed E-state index contributed by atoms with van der Waals surface area (Å²) >= 11 is 0. The van der Waals surface area contributed by atoms with Gasteiger partial charge in [0.05, 0.1) is 12.7 Å².